The van der Waals surface area contributed by atoms with Crippen LogP contribution in [0.4, 0.5) is 8.78 Å². The number of nitrogens with zero attached hydrogens (tertiary/aromatic N) is 1. The molecular weight excluding hydrogens is 412 g/mol. The molecule has 160 valence electrons. The van der Waals surface area contributed by atoms with Crippen molar-refractivity contribution >= 4 is 27.4 Å². The number of sulfone groups is 1. The van der Waals surface area contributed by atoms with Gasteiger partial charge < -0.3 is 15.4 Å². The van der Waals surface area contributed by atoms with Crippen molar-refractivity contribution in [2.75, 3.05) is 25.1 Å². The number of aliphatic imine (C=N–C) groups is 1. The van der Waals surface area contributed by atoms with Crippen LogP contribution in [0.25, 0.3) is 0 Å². The van der Waals surface area contributed by atoms with Gasteiger partial charge in [-0.3, -0.25) is 0 Å². The zero-order chi connectivity index (χ0) is 21.4. The predicted molar refractivity (Wildman–Crippen MR) is 109 cm³/mol. The van der Waals surface area contributed by atoms with Crippen LogP contribution in [0.5, 0.6) is 5.75 Å². The van der Waals surface area contributed by atoms with Gasteiger partial charge in [0.05, 0.1) is 12.3 Å². The summed E-state index contributed by atoms with van der Waals surface area (Å²) in [5.41, 5.74) is 0.153. The van der Waals surface area contributed by atoms with Crippen LogP contribution in [0.2, 0.25) is 5.02 Å². The van der Waals surface area contributed by atoms with E-state index in [-0.39, 0.29) is 23.5 Å². The van der Waals surface area contributed by atoms with Crippen molar-refractivity contribution in [3.8, 4) is 5.75 Å². The van der Waals surface area contributed by atoms with Gasteiger partial charge in [-0.2, -0.15) is 8.78 Å². The Kier molecular flexibility index (Phi) is 9.43. The van der Waals surface area contributed by atoms with Crippen molar-refractivity contribution in [1.82, 2.24) is 10.6 Å². The lowest BCUT2D eigenvalue weighted by Gasteiger charge is -2.25. The molecule has 0 fully saturated rings. The van der Waals surface area contributed by atoms with E-state index in [1.165, 1.54) is 24.5 Å². The maximum Gasteiger partial charge on any atom is 0.387 e. The van der Waals surface area contributed by atoms with Gasteiger partial charge >= 0.3 is 6.61 Å². The summed E-state index contributed by atoms with van der Waals surface area (Å²) < 4.78 is 52.4. The lowest BCUT2D eigenvalue weighted by atomic mass is 9.90. The minimum Gasteiger partial charge on any atom is -0.434 e. The zero-order valence-corrected chi connectivity index (χ0v) is 18.1. The van der Waals surface area contributed by atoms with E-state index in [1.807, 2.05) is 20.8 Å². The van der Waals surface area contributed by atoms with E-state index >= 15 is 0 Å². The molecule has 28 heavy (non-hydrogen) atoms. The zero-order valence-electron chi connectivity index (χ0n) is 16.6. The monoisotopic (exact) mass is 439 g/mol. The Morgan fingerprint density at radius 1 is 1.32 bits per heavy atom. The number of halogens is 3. The molecule has 0 atom stereocenters. The van der Waals surface area contributed by atoms with Crippen molar-refractivity contribution in [3.05, 3.63) is 28.8 Å². The third-order valence-corrected chi connectivity index (χ3v) is 5.06. The Bertz CT molecular complexity index is 771. The molecule has 0 heterocycles. The Labute approximate surface area is 170 Å². The normalized spacial score (nSPS) is 12.9. The molecule has 6 nitrogen and oxygen atoms in total. The van der Waals surface area contributed by atoms with Crippen molar-refractivity contribution in [1.29, 1.82) is 0 Å². The Hall–Kier alpha value is -1.61. The molecule has 0 unspecified atom stereocenters. The number of hydrogen-bond donors (Lipinski definition) is 2. The fourth-order valence-electron chi connectivity index (χ4n) is 2.26. The second-order valence-corrected chi connectivity index (χ2v) is 9.92. The van der Waals surface area contributed by atoms with Crippen LogP contribution in [0.1, 0.15) is 32.8 Å². The number of rotatable bonds is 10. The summed E-state index contributed by atoms with van der Waals surface area (Å²) >= 11 is 5.95. The first-order valence-electron chi connectivity index (χ1n) is 8.85. The molecule has 0 aliphatic rings. The molecule has 0 radical (unpaired) electrons. The average Bonchev–Trinajstić information content (AvgIpc) is 2.57. The van der Waals surface area contributed by atoms with Crippen LogP contribution < -0.4 is 15.4 Å². The second kappa shape index (κ2) is 10.8. The maximum atomic E-state index is 12.6. The second-order valence-electron chi connectivity index (χ2n) is 7.22. The summed E-state index contributed by atoms with van der Waals surface area (Å²) in [5.74, 6) is 0.608. The summed E-state index contributed by atoms with van der Waals surface area (Å²) in [7, 11) is -3.03. The van der Waals surface area contributed by atoms with Crippen molar-refractivity contribution < 1.29 is 21.9 Å². The topological polar surface area (TPSA) is 79.8 Å². The lowest BCUT2D eigenvalue weighted by molar-refractivity contribution is -0.0504. The van der Waals surface area contributed by atoms with Gasteiger partial charge in [-0.05, 0) is 37.0 Å². The molecule has 0 aliphatic carbocycles. The van der Waals surface area contributed by atoms with Crippen LogP contribution in [-0.2, 0) is 16.4 Å². The summed E-state index contributed by atoms with van der Waals surface area (Å²) in [6.45, 7) is 4.06. The minimum atomic E-state index is -3.03. The molecule has 0 aromatic heterocycles. The molecule has 1 aromatic rings. The molecule has 1 aromatic carbocycles. The first kappa shape index (κ1) is 24.4. The number of alkyl halides is 2. The fourth-order valence-corrected chi connectivity index (χ4v) is 3.38. The smallest absolute Gasteiger partial charge is 0.387 e. The van der Waals surface area contributed by atoms with Crippen LogP contribution in [-0.4, -0.2) is 46.1 Å². The molecule has 0 saturated carbocycles. The number of benzene rings is 1. The molecule has 0 bridgehead atoms. The largest absolute Gasteiger partial charge is 0.434 e. The van der Waals surface area contributed by atoms with Gasteiger partial charge in [0.2, 0.25) is 0 Å². The van der Waals surface area contributed by atoms with Gasteiger partial charge in [-0.1, -0.05) is 25.4 Å². The van der Waals surface area contributed by atoms with Crippen molar-refractivity contribution in [2.24, 2.45) is 10.4 Å². The predicted octanol–water partition coefficient (Wildman–Crippen LogP) is 3.46. The lowest BCUT2D eigenvalue weighted by Crippen LogP contribution is -2.42. The summed E-state index contributed by atoms with van der Waals surface area (Å²) in [6, 6.07) is 4.39. The fraction of sp³-hybridized carbons (Fsp3) is 0.611. The van der Waals surface area contributed by atoms with Gasteiger partial charge in [0.25, 0.3) is 0 Å². The van der Waals surface area contributed by atoms with Gasteiger partial charge in [-0.25, -0.2) is 13.4 Å². The molecule has 0 amide bonds. The number of guanidine groups is 1. The van der Waals surface area contributed by atoms with Gasteiger partial charge in [0, 0.05) is 29.9 Å². The molecule has 10 heteroatoms. The Morgan fingerprint density at radius 2 is 2.00 bits per heavy atom. The van der Waals surface area contributed by atoms with Crippen molar-refractivity contribution in [2.45, 2.75) is 40.3 Å². The quantitative estimate of drug-likeness (QED) is 0.431. The highest BCUT2D eigenvalue weighted by atomic mass is 35.5. The Morgan fingerprint density at radius 3 is 2.57 bits per heavy atom. The summed E-state index contributed by atoms with van der Waals surface area (Å²) in [5, 5.41) is 6.63. The van der Waals surface area contributed by atoms with E-state index in [1.54, 1.807) is 0 Å². The molecular formula is C18H28ClF2N3O3S. The van der Waals surface area contributed by atoms with Crippen LogP contribution in [0.15, 0.2) is 23.2 Å². The first-order chi connectivity index (χ1) is 12.9. The summed E-state index contributed by atoms with van der Waals surface area (Å²) in [4.78, 5) is 4.40. The Balaban J connectivity index is 2.83. The van der Waals surface area contributed by atoms with Gasteiger partial charge in [0.1, 0.15) is 15.6 Å². The first-order valence-corrected chi connectivity index (χ1v) is 11.3. The number of nitrogens with one attached hydrogen (secondary N) is 2. The van der Waals surface area contributed by atoms with Gasteiger partial charge in [0.15, 0.2) is 5.96 Å². The van der Waals surface area contributed by atoms with Crippen LogP contribution in [0.3, 0.4) is 0 Å². The van der Waals surface area contributed by atoms with E-state index in [2.05, 4.69) is 20.4 Å². The highest BCUT2D eigenvalue weighted by molar-refractivity contribution is 7.90. The van der Waals surface area contributed by atoms with Crippen molar-refractivity contribution in [3.63, 3.8) is 0 Å². The van der Waals surface area contributed by atoms with E-state index in [9.17, 15) is 17.2 Å². The average molecular weight is 440 g/mol. The standard InChI is InChI=1S/C18H28ClF2N3O3S/c1-5-22-17(24-12-18(2,3)8-9-28(4,25)26)23-11-13-10-14(19)6-7-15(13)27-16(20)21/h6-7,10,16H,5,8-9,11-12H2,1-4H3,(H2,22,23,24). The maximum absolute atomic E-state index is 12.6. The van der Waals surface area contributed by atoms with E-state index in [4.69, 9.17) is 11.6 Å². The molecule has 0 aliphatic heterocycles. The van der Waals surface area contributed by atoms with Gasteiger partial charge in [-0.15, -0.1) is 0 Å². The third kappa shape index (κ3) is 10.1. The van der Waals surface area contributed by atoms with Crippen LogP contribution >= 0.6 is 11.6 Å². The molecule has 0 saturated heterocycles. The van der Waals surface area contributed by atoms with E-state index in [0.29, 0.717) is 36.1 Å². The number of ether oxygens (including phenoxy) is 1. The van der Waals surface area contributed by atoms with E-state index < -0.39 is 16.4 Å². The van der Waals surface area contributed by atoms with E-state index in [0.717, 1.165) is 0 Å². The molecule has 2 N–H and O–H groups in total. The molecule has 0 spiro atoms. The van der Waals surface area contributed by atoms with Crippen LogP contribution in [0, 0.1) is 5.41 Å². The highest BCUT2D eigenvalue weighted by Crippen LogP contribution is 2.25. The third-order valence-electron chi connectivity index (χ3n) is 3.87. The molecule has 1 rings (SSSR count). The SMILES string of the molecule is CCNC(=NCc1cc(Cl)ccc1OC(F)F)NCC(C)(C)CCS(C)(=O)=O. The summed E-state index contributed by atoms with van der Waals surface area (Å²) in [6.07, 6.45) is 1.71. The number of hydrogen-bond acceptors (Lipinski definition) is 4. The minimum absolute atomic E-state index is 0.0208. The highest BCUT2D eigenvalue weighted by Gasteiger charge is 2.20.